The van der Waals surface area contributed by atoms with E-state index in [0.29, 0.717) is 38.9 Å². The van der Waals surface area contributed by atoms with Crippen molar-refractivity contribution < 1.29 is 22.0 Å². The summed E-state index contributed by atoms with van der Waals surface area (Å²) in [6.07, 6.45) is 0. The van der Waals surface area contributed by atoms with Gasteiger partial charge in [0.25, 0.3) is 0 Å². The Balaban J connectivity index is 1.43. The highest BCUT2D eigenvalue weighted by molar-refractivity contribution is 6.21. The molecule has 0 aliphatic heterocycles. The van der Waals surface area contributed by atoms with E-state index in [2.05, 4.69) is 0 Å². The number of pyridine rings is 1. The zero-order valence-electron chi connectivity index (χ0n) is 24.3. The topological polar surface area (TPSA) is 38.7 Å². The third-order valence-corrected chi connectivity index (χ3v) is 8.23. The average Bonchev–Trinajstić information content (AvgIpc) is 3.13. The summed E-state index contributed by atoms with van der Waals surface area (Å²) >= 11 is 0. The molecule has 0 bridgehead atoms. The van der Waals surface area contributed by atoms with Crippen LogP contribution < -0.4 is 0 Å². The molecular formula is C39H20F5N3. The summed E-state index contributed by atoms with van der Waals surface area (Å²) in [5.74, 6) is -10.0. The number of halogens is 5. The zero-order valence-corrected chi connectivity index (χ0v) is 24.3. The van der Waals surface area contributed by atoms with Crippen molar-refractivity contribution in [2.75, 3.05) is 0 Å². The lowest BCUT2D eigenvalue weighted by Gasteiger charge is -2.15. The summed E-state index contributed by atoms with van der Waals surface area (Å²) < 4.78 is 71.8. The minimum absolute atomic E-state index is 0.183. The summed E-state index contributed by atoms with van der Waals surface area (Å²) in [6.45, 7) is 0. The van der Waals surface area contributed by atoms with E-state index in [1.54, 1.807) is 6.07 Å². The van der Waals surface area contributed by atoms with Crippen molar-refractivity contribution in [3.8, 4) is 44.9 Å². The van der Waals surface area contributed by atoms with E-state index in [-0.39, 0.29) is 5.56 Å². The SMILES string of the molecule is Fc1c(F)c(F)c(-c2cccc(-c3nc4ccccc4c4c3ccc3nc(-c5ccccc5)c(-c5ccccc5)nc34)c2)c(F)c1F. The minimum atomic E-state index is -2.21. The van der Waals surface area contributed by atoms with Gasteiger partial charge in [0.05, 0.1) is 39.2 Å². The second kappa shape index (κ2) is 11.1. The van der Waals surface area contributed by atoms with Crippen molar-refractivity contribution in [3.05, 3.63) is 150 Å². The predicted octanol–water partition coefficient (Wildman–Crippen LogP) is 10.7. The lowest BCUT2D eigenvalue weighted by Crippen LogP contribution is -2.04. The van der Waals surface area contributed by atoms with Gasteiger partial charge in [0, 0.05) is 32.8 Å². The molecule has 47 heavy (non-hydrogen) atoms. The smallest absolute Gasteiger partial charge is 0.200 e. The van der Waals surface area contributed by atoms with E-state index >= 15 is 0 Å². The van der Waals surface area contributed by atoms with Crippen molar-refractivity contribution in [2.45, 2.75) is 0 Å². The van der Waals surface area contributed by atoms with Crippen LogP contribution in [0.15, 0.2) is 121 Å². The molecule has 8 rings (SSSR count). The number of para-hydroxylation sites is 1. The third-order valence-electron chi connectivity index (χ3n) is 8.23. The van der Waals surface area contributed by atoms with Gasteiger partial charge in [-0.25, -0.2) is 36.9 Å². The standard InChI is InChI=1S/C39H20F5N3/c40-31-29(32(41)34(43)35(44)33(31)42)23-14-9-15-24(20-23)36-26-18-19-28-39(30(26)25-16-7-8-17-27(25)45-36)47-38(22-12-5-2-6-13-22)37(46-28)21-10-3-1-4-11-21/h1-20H. The number of hydrogen-bond acceptors (Lipinski definition) is 3. The number of aromatic nitrogens is 3. The highest BCUT2D eigenvalue weighted by Crippen LogP contribution is 2.40. The van der Waals surface area contributed by atoms with Crippen molar-refractivity contribution in [1.82, 2.24) is 15.0 Å². The number of rotatable bonds is 4. The summed E-state index contributed by atoms with van der Waals surface area (Å²) in [5.41, 5.74) is 4.76. The van der Waals surface area contributed by atoms with Crippen molar-refractivity contribution in [2.24, 2.45) is 0 Å². The minimum Gasteiger partial charge on any atom is -0.247 e. The number of benzene rings is 6. The fourth-order valence-electron chi connectivity index (χ4n) is 6.05. The molecule has 0 N–H and O–H groups in total. The van der Waals surface area contributed by atoms with Gasteiger partial charge in [0.15, 0.2) is 23.3 Å². The molecular weight excluding hydrogens is 605 g/mol. The van der Waals surface area contributed by atoms with Crippen LogP contribution in [0.4, 0.5) is 22.0 Å². The third kappa shape index (κ3) is 4.60. The Morgan fingerprint density at radius 1 is 0.362 bits per heavy atom. The van der Waals surface area contributed by atoms with E-state index in [1.807, 2.05) is 97.1 Å². The molecule has 2 aromatic heterocycles. The second-order valence-electron chi connectivity index (χ2n) is 11.0. The highest BCUT2D eigenvalue weighted by Gasteiger charge is 2.27. The van der Waals surface area contributed by atoms with Gasteiger partial charge in [0.1, 0.15) is 0 Å². The first-order chi connectivity index (χ1) is 22.9. The van der Waals surface area contributed by atoms with Crippen LogP contribution in [0.25, 0.3) is 77.6 Å². The number of nitrogens with zero attached hydrogens (tertiary/aromatic N) is 3. The Morgan fingerprint density at radius 2 is 0.894 bits per heavy atom. The first kappa shape index (κ1) is 28.5. The quantitative estimate of drug-likeness (QED) is 0.0846. The van der Waals surface area contributed by atoms with E-state index in [1.165, 1.54) is 18.2 Å². The van der Waals surface area contributed by atoms with E-state index < -0.39 is 34.6 Å². The van der Waals surface area contributed by atoms with Gasteiger partial charge in [-0.3, -0.25) is 0 Å². The molecule has 2 heterocycles. The molecule has 8 heteroatoms. The van der Waals surface area contributed by atoms with Crippen molar-refractivity contribution in [3.63, 3.8) is 0 Å². The molecule has 3 nitrogen and oxygen atoms in total. The van der Waals surface area contributed by atoms with Gasteiger partial charge >= 0.3 is 0 Å². The van der Waals surface area contributed by atoms with Crippen LogP contribution in [0.1, 0.15) is 0 Å². The monoisotopic (exact) mass is 625 g/mol. The van der Waals surface area contributed by atoms with E-state index in [4.69, 9.17) is 15.0 Å². The molecule has 0 spiro atoms. The maximum absolute atomic E-state index is 14.8. The molecule has 0 aliphatic carbocycles. The summed E-state index contributed by atoms with van der Waals surface area (Å²) in [4.78, 5) is 15.3. The summed E-state index contributed by atoms with van der Waals surface area (Å²) in [7, 11) is 0. The van der Waals surface area contributed by atoms with Crippen molar-refractivity contribution in [1.29, 1.82) is 0 Å². The van der Waals surface area contributed by atoms with Crippen LogP contribution in [0.5, 0.6) is 0 Å². The van der Waals surface area contributed by atoms with Crippen LogP contribution in [-0.4, -0.2) is 15.0 Å². The maximum atomic E-state index is 14.8. The number of fused-ring (bicyclic) bond motifs is 5. The molecule has 0 aliphatic rings. The lowest BCUT2D eigenvalue weighted by molar-refractivity contribution is 0.381. The molecule has 226 valence electrons. The molecule has 8 aromatic rings. The fraction of sp³-hybridized carbons (Fsp3) is 0. The Labute approximate surface area is 264 Å². The fourth-order valence-corrected chi connectivity index (χ4v) is 6.05. The Morgan fingerprint density at radius 3 is 1.57 bits per heavy atom. The van der Waals surface area contributed by atoms with Gasteiger partial charge in [0.2, 0.25) is 5.82 Å². The Bertz CT molecular complexity index is 2490. The summed E-state index contributed by atoms with van der Waals surface area (Å²) in [5, 5.41) is 2.24. The largest absolute Gasteiger partial charge is 0.247 e. The van der Waals surface area contributed by atoms with Gasteiger partial charge in [-0.15, -0.1) is 0 Å². The summed E-state index contributed by atoms with van der Waals surface area (Å²) in [6, 6.07) is 36.6. The number of hydrogen-bond donors (Lipinski definition) is 0. The predicted molar refractivity (Wildman–Crippen MR) is 174 cm³/mol. The van der Waals surface area contributed by atoms with Crippen LogP contribution in [-0.2, 0) is 0 Å². The first-order valence-corrected chi connectivity index (χ1v) is 14.7. The van der Waals surface area contributed by atoms with Crippen LogP contribution in [0.3, 0.4) is 0 Å². The molecule has 0 saturated heterocycles. The van der Waals surface area contributed by atoms with Gasteiger partial charge in [-0.05, 0) is 29.8 Å². The molecule has 6 aromatic carbocycles. The average molecular weight is 626 g/mol. The van der Waals surface area contributed by atoms with E-state index in [0.717, 1.165) is 27.6 Å². The molecule has 0 atom stereocenters. The Kier molecular flexibility index (Phi) is 6.72. The molecule has 0 radical (unpaired) electrons. The van der Waals surface area contributed by atoms with Crippen LogP contribution in [0, 0.1) is 29.1 Å². The van der Waals surface area contributed by atoms with Gasteiger partial charge < -0.3 is 0 Å². The van der Waals surface area contributed by atoms with Gasteiger partial charge in [-0.1, -0.05) is 97.1 Å². The lowest BCUT2D eigenvalue weighted by atomic mass is 9.95. The molecule has 0 amide bonds. The highest BCUT2D eigenvalue weighted by atomic mass is 19.2. The maximum Gasteiger partial charge on any atom is 0.200 e. The molecule has 0 fully saturated rings. The molecule has 0 saturated carbocycles. The zero-order chi connectivity index (χ0) is 32.2. The van der Waals surface area contributed by atoms with Crippen molar-refractivity contribution >= 4 is 32.7 Å². The Hall–Kier alpha value is -6.02. The molecule has 0 unspecified atom stereocenters. The van der Waals surface area contributed by atoms with Crippen LogP contribution >= 0.6 is 0 Å². The second-order valence-corrected chi connectivity index (χ2v) is 11.0. The normalized spacial score (nSPS) is 11.5. The van der Waals surface area contributed by atoms with E-state index in [9.17, 15) is 22.0 Å². The van der Waals surface area contributed by atoms with Crippen LogP contribution in [0.2, 0.25) is 0 Å². The first-order valence-electron chi connectivity index (χ1n) is 14.7. The van der Waals surface area contributed by atoms with Gasteiger partial charge in [-0.2, -0.15) is 0 Å².